The summed E-state index contributed by atoms with van der Waals surface area (Å²) in [6.07, 6.45) is 0. The van der Waals surface area contributed by atoms with Crippen molar-refractivity contribution in [1.29, 1.82) is 15.8 Å². The van der Waals surface area contributed by atoms with Gasteiger partial charge in [-0.1, -0.05) is 24.3 Å². The van der Waals surface area contributed by atoms with Gasteiger partial charge in [-0.05, 0) is 47.5 Å². The number of rotatable bonds is 2. The van der Waals surface area contributed by atoms with Gasteiger partial charge < -0.3 is 5.73 Å². The Labute approximate surface area is 145 Å². The Morgan fingerprint density at radius 1 is 0.560 bits per heavy atom. The largest absolute Gasteiger partial charge is 0.398 e. The molecule has 0 spiro atoms. The topological polar surface area (TPSA) is 97.4 Å². The maximum absolute atomic E-state index is 9.36. The van der Waals surface area contributed by atoms with Gasteiger partial charge in [0.25, 0.3) is 0 Å². The fraction of sp³-hybridized carbons (Fsp3) is 0. The minimum Gasteiger partial charge on any atom is -0.398 e. The number of benzene rings is 3. The maximum Gasteiger partial charge on any atom is 0.0992 e. The van der Waals surface area contributed by atoms with E-state index >= 15 is 0 Å². The van der Waals surface area contributed by atoms with Crippen LogP contribution in [-0.4, -0.2) is 0 Å². The average Bonchev–Trinajstić information content (AvgIpc) is 2.68. The van der Waals surface area contributed by atoms with Crippen LogP contribution in [0, 0.1) is 34.0 Å². The molecule has 0 aromatic heterocycles. The molecular weight excluding hydrogens is 308 g/mol. The van der Waals surface area contributed by atoms with Gasteiger partial charge in [0.05, 0.1) is 34.9 Å². The van der Waals surface area contributed by atoms with Crippen molar-refractivity contribution in [1.82, 2.24) is 0 Å². The Balaban J connectivity index is 2.18. The second-order valence-corrected chi connectivity index (χ2v) is 5.48. The first-order valence-electron chi connectivity index (χ1n) is 7.51. The van der Waals surface area contributed by atoms with Crippen LogP contribution in [0.1, 0.15) is 16.7 Å². The molecular formula is C21H12N4. The highest BCUT2D eigenvalue weighted by Gasteiger charge is 2.12. The van der Waals surface area contributed by atoms with Gasteiger partial charge in [-0.2, -0.15) is 15.8 Å². The van der Waals surface area contributed by atoms with E-state index in [4.69, 9.17) is 16.3 Å². The molecule has 0 heterocycles. The lowest BCUT2D eigenvalue weighted by atomic mass is 9.93. The number of nitrogens with zero attached hydrogens (tertiary/aromatic N) is 3. The normalized spacial score (nSPS) is 9.64. The third-order valence-corrected chi connectivity index (χ3v) is 3.96. The summed E-state index contributed by atoms with van der Waals surface area (Å²) in [5, 5.41) is 27.2. The van der Waals surface area contributed by atoms with E-state index in [0.29, 0.717) is 22.4 Å². The van der Waals surface area contributed by atoms with Gasteiger partial charge in [0.15, 0.2) is 0 Å². The van der Waals surface area contributed by atoms with Crippen LogP contribution in [0.2, 0.25) is 0 Å². The van der Waals surface area contributed by atoms with Crippen LogP contribution in [0.3, 0.4) is 0 Å². The molecule has 0 aliphatic heterocycles. The fourth-order valence-electron chi connectivity index (χ4n) is 2.64. The molecule has 3 aromatic carbocycles. The number of nitrogens with two attached hydrogens (primary N) is 1. The Morgan fingerprint density at radius 2 is 0.920 bits per heavy atom. The number of nitriles is 3. The molecule has 0 saturated heterocycles. The molecule has 2 N–H and O–H groups in total. The predicted molar refractivity (Wildman–Crippen MR) is 95.9 cm³/mol. The quantitative estimate of drug-likeness (QED) is 0.715. The molecule has 116 valence electrons. The van der Waals surface area contributed by atoms with Crippen LogP contribution < -0.4 is 5.73 Å². The van der Waals surface area contributed by atoms with Crippen molar-refractivity contribution in [2.45, 2.75) is 0 Å². The lowest BCUT2D eigenvalue weighted by Crippen LogP contribution is -1.96. The molecule has 3 rings (SSSR count). The fourth-order valence-corrected chi connectivity index (χ4v) is 2.64. The van der Waals surface area contributed by atoms with Gasteiger partial charge in [-0.25, -0.2) is 0 Å². The van der Waals surface area contributed by atoms with Crippen LogP contribution in [0.4, 0.5) is 5.69 Å². The van der Waals surface area contributed by atoms with Gasteiger partial charge in [-0.15, -0.1) is 0 Å². The Hall–Kier alpha value is -4.07. The van der Waals surface area contributed by atoms with E-state index in [0.717, 1.165) is 22.3 Å². The van der Waals surface area contributed by atoms with Crippen molar-refractivity contribution >= 4 is 5.69 Å². The summed E-state index contributed by atoms with van der Waals surface area (Å²) in [5.74, 6) is 0. The van der Waals surface area contributed by atoms with Crippen molar-refractivity contribution < 1.29 is 0 Å². The summed E-state index contributed by atoms with van der Waals surface area (Å²) in [5.41, 5.74) is 11.7. The summed E-state index contributed by atoms with van der Waals surface area (Å²) in [4.78, 5) is 0. The highest BCUT2D eigenvalue weighted by Crippen LogP contribution is 2.36. The van der Waals surface area contributed by atoms with Crippen LogP contribution >= 0.6 is 0 Å². The third kappa shape index (κ3) is 3.04. The SMILES string of the molecule is N#Cc1ccc(-c2cc(C#N)cc(-c3ccc(C#N)cc3)c2N)cc1. The van der Waals surface area contributed by atoms with Crippen LogP contribution in [-0.2, 0) is 0 Å². The van der Waals surface area contributed by atoms with Crippen molar-refractivity contribution in [3.8, 4) is 40.5 Å². The summed E-state index contributed by atoms with van der Waals surface area (Å²) in [6, 6.07) is 23.9. The molecule has 0 saturated carbocycles. The zero-order valence-electron chi connectivity index (χ0n) is 13.2. The number of hydrogen-bond acceptors (Lipinski definition) is 4. The molecule has 0 amide bonds. The number of anilines is 1. The van der Waals surface area contributed by atoms with E-state index in [9.17, 15) is 5.26 Å². The molecule has 4 heteroatoms. The third-order valence-electron chi connectivity index (χ3n) is 3.96. The summed E-state index contributed by atoms with van der Waals surface area (Å²) in [6.45, 7) is 0. The zero-order valence-corrected chi connectivity index (χ0v) is 13.2. The van der Waals surface area contributed by atoms with Gasteiger partial charge in [0.1, 0.15) is 0 Å². The van der Waals surface area contributed by atoms with Crippen molar-refractivity contribution in [2.75, 3.05) is 5.73 Å². The highest BCUT2D eigenvalue weighted by molar-refractivity contribution is 5.90. The standard InChI is InChI=1S/C21H12N4/c22-11-14-1-5-17(6-2-14)19-9-16(13-24)10-20(21(19)25)18-7-3-15(12-23)4-8-18/h1-10H,25H2. The smallest absolute Gasteiger partial charge is 0.0992 e. The van der Waals surface area contributed by atoms with Crippen LogP contribution in [0.25, 0.3) is 22.3 Å². The lowest BCUT2D eigenvalue weighted by Gasteiger charge is -2.13. The molecule has 0 aliphatic carbocycles. The van der Waals surface area contributed by atoms with E-state index in [-0.39, 0.29) is 0 Å². The molecule has 0 atom stereocenters. The highest BCUT2D eigenvalue weighted by atomic mass is 14.6. The summed E-state index contributed by atoms with van der Waals surface area (Å²) >= 11 is 0. The second kappa shape index (κ2) is 6.59. The zero-order chi connectivity index (χ0) is 17.8. The van der Waals surface area contributed by atoms with Gasteiger partial charge in [0, 0.05) is 16.8 Å². The molecule has 4 nitrogen and oxygen atoms in total. The Morgan fingerprint density at radius 3 is 1.24 bits per heavy atom. The summed E-state index contributed by atoms with van der Waals surface area (Å²) in [7, 11) is 0. The van der Waals surface area contributed by atoms with Gasteiger partial charge in [0.2, 0.25) is 0 Å². The Kier molecular flexibility index (Phi) is 4.17. The van der Waals surface area contributed by atoms with Crippen LogP contribution in [0.15, 0.2) is 60.7 Å². The number of nitrogen functional groups attached to an aromatic ring is 1. The van der Waals surface area contributed by atoms with E-state index in [2.05, 4.69) is 18.2 Å². The summed E-state index contributed by atoms with van der Waals surface area (Å²) < 4.78 is 0. The van der Waals surface area contributed by atoms with Gasteiger partial charge in [-0.3, -0.25) is 0 Å². The number of hydrogen-bond donors (Lipinski definition) is 1. The molecule has 0 radical (unpaired) electrons. The first kappa shape index (κ1) is 15.8. The molecule has 25 heavy (non-hydrogen) atoms. The first-order chi connectivity index (χ1) is 12.2. The first-order valence-corrected chi connectivity index (χ1v) is 7.51. The average molecular weight is 320 g/mol. The molecule has 0 bridgehead atoms. The lowest BCUT2D eigenvalue weighted by molar-refractivity contribution is 1.46. The van der Waals surface area contributed by atoms with Crippen molar-refractivity contribution in [3.63, 3.8) is 0 Å². The molecule has 0 unspecified atom stereocenters. The molecule has 0 fully saturated rings. The monoisotopic (exact) mass is 320 g/mol. The van der Waals surface area contributed by atoms with E-state index in [1.807, 2.05) is 24.3 Å². The van der Waals surface area contributed by atoms with E-state index in [1.165, 1.54) is 0 Å². The second-order valence-electron chi connectivity index (χ2n) is 5.48. The van der Waals surface area contributed by atoms with E-state index in [1.54, 1.807) is 36.4 Å². The maximum atomic E-state index is 9.36. The van der Waals surface area contributed by atoms with Crippen molar-refractivity contribution in [3.05, 3.63) is 77.4 Å². The molecule has 0 aliphatic rings. The van der Waals surface area contributed by atoms with Gasteiger partial charge >= 0.3 is 0 Å². The minimum atomic E-state index is 0.493. The Bertz CT molecular complexity index is 979. The molecule has 3 aromatic rings. The minimum absolute atomic E-state index is 0.493. The van der Waals surface area contributed by atoms with Crippen LogP contribution in [0.5, 0.6) is 0 Å². The predicted octanol–water partition coefficient (Wildman–Crippen LogP) is 4.22. The van der Waals surface area contributed by atoms with Crippen molar-refractivity contribution in [2.24, 2.45) is 0 Å². The van der Waals surface area contributed by atoms with E-state index < -0.39 is 0 Å².